The highest BCUT2D eigenvalue weighted by atomic mass is 32.1. The van der Waals surface area contributed by atoms with Gasteiger partial charge in [0, 0.05) is 4.88 Å². The van der Waals surface area contributed by atoms with Gasteiger partial charge in [0.1, 0.15) is 0 Å². The molecule has 110 valence electrons. The first-order valence-corrected chi connectivity index (χ1v) is 8.06. The third kappa shape index (κ3) is 3.02. The van der Waals surface area contributed by atoms with Crippen LogP contribution >= 0.6 is 11.3 Å². The SMILES string of the molecule is CCC1CCc2nc(NC(=O)C3COCCO3)sc2C1. The van der Waals surface area contributed by atoms with Crippen molar-refractivity contribution >= 4 is 22.4 Å². The number of rotatable bonds is 3. The maximum atomic E-state index is 12.1. The van der Waals surface area contributed by atoms with Crippen molar-refractivity contribution in [3.05, 3.63) is 10.6 Å². The normalized spacial score (nSPS) is 26.1. The first kappa shape index (κ1) is 14.0. The summed E-state index contributed by atoms with van der Waals surface area (Å²) in [5.41, 5.74) is 1.16. The molecule has 2 heterocycles. The Kier molecular flexibility index (Phi) is 4.33. The number of hydrogen-bond acceptors (Lipinski definition) is 5. The second-order valence-electron chi connectivity index (χ2n) is 5.33. The fraction of sp³-hybridized carbons (Fsp3) is 0.714. The van der Waals surface area contributed by atoms with E-state index in [-0.39, 0.29) is 5.91 Å². The van der Waals surface area contributed by atoms with E-state index in [9.17, 15) is 4.79 Å². The summed E-state index contributed by atoms with van der Waals surface area (Å²) < 4.78 is 10.6. The zero-order chi connectivity index (χ0) is 13.9. The van der Waals surface area contributed by atoms with Gasteiger partial charge in [0.15, 0.2) is 11.2 Å². The van der Waals surface area contributed by atoms with Crippen LogP contribution in [0.25, 0.3) is 0 Å². The van der Waals surface area contributed by atoms with E-state index in [0.29, 0.717) is 25.0 Å². The number of carbonyl (C=O) groups excluding carboxylic acids is 1. The van der Waals surface area contributed by atoms with E-state index in [2.05, 4.69) is 17.2 Å². The molecule has 2 unspecified atom stereocenters. The first-order chi connectivity index (χ1) is 9.76. The Bertz CT molecular complexity index is 483. The highest BCUT2D eigenvalue weighted by Gasteiger charge is 2.25. The lowest BCUT2D eigenvalue weighted by Crippen LogP contribution is -2.39. The van der Waals surface area contributed by atoms with Gasteiger partial charge in [-0.25, -0.2) is 4.98 Å². The highest BCUT2D eigenvalue weighted by Crippen LogP contribution is 2.33. The van der Waals surface area contributed by atoms with Crippen LogP contribution in [0.5, 0.6) is 0 Å². The quantitative estimate of drug-likeness (QED) is 0.927. The standard InChI is InChI=1S/C14H20N2O3S/c1-2-9-3-4-10-12(7-9)20-14(15-10)16-13(17)11-8-18-5-6-19-11/h9,11H,2-8H2,1H3,(H,15,16,17). The number of hydrogen-bond donors (Lipinski definition) is 1. The summed E-state index contributed by atoms with van der Waals surface area (Å²) in [7, 11) is 0. The summed E-state index contributed by atoms with van der Waals surface area (Å²) >= 11 is 1.61. The van der Waals surface area contributed by atoms with Crippen LogP contribution in [0.1, 0.15) is 30.3 Å². The Labute approximate surface area is 122 Å². The predicted octanol–water partition coefficient (Wildman–Crippen LogP) is 2.01. The monoisotopic (exact) mass is 296 g/mol. The average Bonchev–Trinajstić information content (AvgIpc) is 2.89. The summed E-state index contributed by atoms with van der Waals surface area (Å²) in [5.74, 6) is 0.615. The third-order valence-corrected chi connectivity index (χ3v) is 4.99. The van der Waals surface area contributed by atoms with E-state index in [1.165, 1.54) is 17.7 Å². The molecule has 1 aromatic rings. The molecule has 20 heavy (non-hydrogen) atoms. The van der Waals surface area contributed by atoms with Crippen molar-refractivity contribution in [1.82, 2.24) is 4.98 Å². The minimum absolute atomic E-state index is 0.150. The molecule has 1 aliphatic carbocycles. The summed E-state index contributed by atoms with van der Waals surface area (Å²) in [6, 6.07) is 0. The van der Waals surface area contributed by atoms with E-state index < -0.39 is 6.10 Å². The smallest absolute Gasteiger partial charge is 0.257 e. The number of aromatic nitrogens is 1. The van der Waals surface area contributed by atoms with Gasteiger partial charge in [-0.1, -0.05) is 13.3 Å². The lowest BCUT2D eigenvalue weighted by molar-refractivity contribution is -0.142. The molecule has 0 aromatic carbocycles. The molecule has 0 radical (unpaired) electrons. The summed E-state index contributed by atoms with van der Waals surface area (Å²) in [5, 5.41) is 3.57. The predicted molar refractivity (Wildman–Crippen MR) is 77.1 cm³/mol. The number of thiazole rings is 1. The highest BCUT2D eigenvalue weighted by molar-refractivity contribution is 7.15. The molecule has 2 atom stereocenters. The lowest BCUT2D eigenvalue weighted by Gasteiger charge is -2.21. The fourth-order valence-corrected chi connectivity index (χ4v) is 3.80. The van der Waals surface area contributed by atoms with Crippen molar-refractivity contribution in [2.45, 2.75) is 38.7 Å². The maximum Gasteiger partial charge on any atom is 0.257 e. The molecule has 0 saturated carbocycles. The van der Waals surface area contributed by atoms with Crippen LogP contribution in [-0.2, 0) is 27.1 Å². The topological polar surface area (TPSA) is 60.5 Å². The van der Waals surface area contributed by atoms with E-state index in [1.807, 2.05) is 0 Å². The van der Waals surface area contributed by atoms with E-state index in [0.717, 1.165) is 24.5 Å². The van der Waals surface area contributed by atoms with Gasteiger partial charge in [-0.3, -0.25) is 10.1 Å². The molecule has 1 amide bonds. The molecule has 1 aliphatic heterocycles. The summed E-state index contributed by atoms with van der Waals surface area (Å²) in [4.78, 5) is 17.9. The van der Waals surface area contributed by atoms with E-state index in [4.69, 9.17) is 9.47 Å². The molecule has 3 rings (SSSR count). The molecule has 5 nitrogen and oxygen atoms in total. The van der Waals surface area contributed by atoms with Crippen LogP contribution in [0.15, 0.2) is 0 Å². The number of amides is 1. The van der Waals surface area contributed by atoms with Gasteiger partial charge in [0.25, 0.3) is 5.91 Å². The van der Waals surface area contributed by atoms with Crippen molar-refractivity contribution in [3.63, 3.8) is 0 Å². The minimum Gasteiger partial charge on any atom is -0.376 e. The zero-order valence-corrected chi connectivity index (χ0v) is 12.5. The van der Waals surface area contributed by atoms with Crippen molar-refractivity contribution in [2.24, 2.45) is 5.92 Å². The van der Waals surface area contributed by atoms with Gasteiger partial charge in [0.2, 0.25) is 0 Å². The number of ether oxygens (including phenoxy) is 2. The molecule has 0 spiro atoms. The Morgan fingerprint density at radius 3 is 3.15 bits per heavy atom. The van der Waals surface area contributed by atoms with Crippen LogP contribution in [0.3, 0.4) is 0 Å². The Balaban J connectivity index is 1.63. The van der Waals surface area contributed by atoms with Crippen LogP contribution in [0.2, 0.25) is 0 Å². The number of carbonyl (C=O) groups is 1. The summed E-state index contributed by atoms with van der Waals surface area (Å²) in [6.45, 7) is 3.60. The third-order valence-electron chi connectivity index (χ3n) is 3.96. The Hall–Kier alpha value is -0.980. The van der Waals surface area contributed by atoms with Gasteiger partial charge < -0.3 is 9.47 Å². The van der Waals surface area contributed by atoms with E-state index in [1.54, 1.807) is 11.3 Å². The minimum atomic E-state index is -0.506. The molecule has 0 bridgehead atoms. The van der Waals surface area contributed by atoms with Crippen LogP contribution in [-0.4, -0.2) is 36.8 Å². The number of fused-ring (bicyclic) bond motifs is 1. The van der Waals surface area contributed by atoms with Gasteiger partial charge in [-0.05, 0) is 25.2 Å². The number of anilines is 1. The molecule has 1 N–H and O–H groups in total. The van der Waals surface area contributed by atoms with Gasteiger partial charge in [0.05, 0.1) is 25.5 Å². The van der Waals surface area contributed by atoms with Crippen molar-refractivity contribution < 1.29 is 14.3 Å². The molecule has 6 heteroatoms. The van der Waals surface area contributed by atoms with Gasteiger partial charge >= 0.3 is 0 Å². The lowest BCUT2D eigenvalue weighted by atomic mass is 9.89. The zero-order valence-electron chi connectivity index (χ0n) is 11.7. The van der Waals surface area contributed by atoms with Crippen molar-refractivity contribution in [2.75, 3.05) is 25.1 Å². The summed E-state index contributed by atoms with van der Waals surface area (Å²) in [6.07, 6.45) is 4.05. The maximum absolute atomic E-state index is 12.1. The van der Waals surface area contributed by atoms with Crippen LogP contribution in [0, 0.1) is 5.92 Å². The molecule has 1 saturated heterocycles. The number of nitrogens with one attached hydrogen (secondary N) is 1. The largest absolute Gasteiger partial charge is 0.376 e. The Morgan fingerprint density at radius 1 is 1.50 bits per heavy atom. The van der Waals surface area contributed by atoms with Crippen molar-refractivity contribution in [1.29, 1.82) is 0 Å². The fourth-order valence-electron chi connectivity index (χ4n) is 2.67. The van der Waals surface area contributed by atoms with E-state index >= 15 is 0 Å². The van der Waals surface area contributed by atoms with Gasteiger partial charge in [-0.2, -0.15) is 0 Å². The second kappa shape index (κ2) is 6.20. The molecular weight excluding hydrogens is 276 g/mol. The number of nitrogens with zero attached hydrogens (tertiary/aromatic N) is 1. The molecule has 1 aromatic heterocycles. The second-order valence-corrected chi connectivity index (χ2v) is 6.41. The van der Waals surface area contributed by atoms with Crippen LogP contribution < -0.4 is 5.32 Å². The first-order valence-electron chi connectivity index (χ1n) is 7.25. The van der Waals surface area contributed by atoms with Gasteiger partial charge in [-0.15, -0.1) is 11.3 Å². The van der Waals surface area contributed by atoms with Crippen LogP contribution in [0.4, 0.5) is 5.13 Å². The number of aryl methyl sites for hydroxylation is 1. The molecule has 1 fully saturated rings. The van der Waals surface area contributed by atoms with Crippen molar-refractivity contribution in [3.8, 4) is 0 Å². The molecule has 2 aliphatic rings. The average molecular weight is 296 g/mol. The molecular formula is C14H20N2O3S. The Morgan fingerprint density at radius 2 is 2.40 bits per heavy atom.